The third-order valence-electron chi connectivity index (χ3n) is 3.21. The van der Waals surface area contributed by atoms with Crippen LogP contribution < -0.4 is 16.0 Å². The van der Waals surface area contributed by atoms with Gasteiger partial charge in [-0.2, -0.15) is 0 Å². The zero-order valence-electron chi connectivity index (χ0n) is 12.8. The predicted octanol–water partition coefficient (Wildman–Crippen LogP) is 1.45. The fourth-order valence-corrected chi connectivity index (χ4v) is 2.97. The molecule has 0 aromatic carbocycles. The SMILES string of the molecule is CCN(CC(N)=O)c1nc2sccn2c1CNCC(C)C. The van der Waals surface area contributed by atoms with Gasteiger partial charge < -0.3 is 16.0 Å². The van der Waals surface area contributed by atoms with Gasteiger partial charge in [-0.3, -0.25) is 9.20 Å². The van der Waals surface area contributed by atoms with Crippen LogP contribution in [0.15, 0.2) is 11.6 Å². The first-order valence-electron chi connectivity index (χ1n) is 7.21. The van der Waals surface area contributed by atoms with Gasteiger partial charge in [0.2, 0.25) is 5.91 Å². The number of fused-ring (bicyclic) bond motifs is 1. The van der Waals surface area contributed by atoms with Gasteiger partial charge in [0.1, 0.15) is 0 Å². The molecule has 1 amide bonds. The zero-order chi connectivity index (χ0) is 15.4. The van der Waals surface area contributed by atoms with Gasteiger partial charge in [0.25, 0.3) is 0 Å². The molecule has 2 aromatic rings. The number of hydrogen-bond acceptors (Lipinski definition) is 5. The number of primary amides is 1. The summed E-state index contributed by atoms with van der Waals surface area (Å²) in [6.45, 7) is 8.91. The molecule has 21 heavy (non-hydrogen) atoms. The minimum atomic E-state index is -0.339. The van der Waals surface area contributed by atoms with Crippen molar-refractivity contribution >= 4 is 28.0 Å². The van der Waals surface area contributed by atoms with Gasteiger partial charge in [0.05, 0.1) is 12.2 Å². The molecule has 0 aliphatic heterocycles. The first kappa shape index (κ1) is 15.8. The summed E-state index contributed by atoms with van der Waals surface area (Å²) in [6.07, 6.45) is 2.01. The largest absolute Gasteiger partial charge is 0.368 e. The van der Waals surface area contributed by atoms with Crippen LogP contribution in [0.4, 0.5) is 5.82 Å². The number of hydrogen-bond donors (Lipinski definition) is 2. The van der Waals surface area contributed by atoms with Crippen molar-refractivity contribution in [3.8, 4) is 0 Å². The lowest BCUT2D eigenvalue weighted by Crippen LogP contribution is -2.35. The van der Waals surface area contributed by atoms with Crippen molar-refractivity contribution in [1.29, 1.82) is 0 Å². The summed E-state index contributed by atoms with van der Waals surface area (Å²) in [4.78, 5) is 18.8. The van der Waals surface area contributed by atoms with Gasteiger partial charge in [0.15, 0.2) is 10.8 Å². The lowest BCUT2D eigenvalue weighted by molar-refractivity contribution is -0.116. The molecule has 0 aliphatic rings. The van der Waals surface area contributed by atoms with Crippen LogP contribution in [0.25, 0.3) is 4.96 Å². The van der Waals surface area contributed by atoms with Crippen molar-refractivity contribution in [2.75, 3.05) is 24.5 Å². The number of nitrogens with zero attached hydrogens (tertiary/aromatic N) is 3. The highest BCUT2D eigenvalue weighted by Gasteiger charge is 2.19. The summed E-state index contributed by atoms with van der Waals surface area (Å²) in [5, 5.41) is 5.46. The maximum Gasteiger partial charge on any atom is 0.236 e. The number of rotatable bonds is 8. The minimum absolute atomic E-state index is 0.193. The van der Waals surface area contributed by atoms with Crippen molar-refractivity contribution in [3.05, 3.63) is 17.3 Å². The Bertz CT molecular complexity index is 604. The molecule has 0 saturated carbocycles. The Morgan fingerprint density at radius 1 is 1.57 bits per heavy atom. The molecule has 7 heteroatoms. The van der Waals surface area contributed by atoms with Gasteiger partial charge in [-0.05, 0) is 19.4 Å². The lowest BCUT2D eigenvalue weighted by Gasteiger charge is -2.20. The number of aromatic nitrogens is 2. The smallest absolute Gasteiger partial charge is 0.236 e. The first-order valence-corrected chi connectivity index (χ1v) is 8.09. The molecule has 0 unspecified atom stereocenters. The Morgan fingerprint density at radius 3 is 2.95 bits per heavy atom. The van der Waals surface area contributed by atoms with Crippen molar-refractivity contribution in [2.45, 2.75) is 27.3 Å². The van der Waals surface area contributed by atoms with Crippen LogP contribution in [0.1, 0.15) is 26.5 Å². The second-order valence-electron chi connectivity index (χ2n) is 5.44. The van der Waals surface area contributed by atoms with E-state index in [1.165, 1.54) is 0 Å². The molecule has 0 saturated heterocycles. The molecule has 2 heterocycles. The highest BCUT2D eigenvalue weighted by molar-refractivity contribution is 7.15. The zero-order valence-corrected chi connectivity index (χ0v) is 13.6. The van der Waals surface area contributed by atoms with Crippen LogP contribution in [0.5, 0.6) is 0 Å². The van der Waals surface area contributed by atoms with Crippen LogP contribution >= 0.6 is 11.3 Å². The van der Waals surface area contributed by atoms with Gasteiger partial charge in [-0.25, -0.2) is 4.98 Å². The van der Waals surface area contributed by atoms with E-state index in [1.54, 1.807) is 11.3 Å². The van der Waals surface area contributed by atoms with Crippen LogP contribution in [0.2, 0.25) is 0 Å². The van der Waals surface area contributed by atoms with Crippen LogP contribution in [0.3, 0.4) is 0 Å². The van der Waals surface area contributed by atoms with E-state index in [1.807, 2.05) is 23.4 Å². The average Bonchev–Trinajstić information content (AvgIpc) is 2.97. The number of nitrogens with one attached hydrogen (secondary N) is 1. The van der Waals surface area contributed by atoms with Gasteiger partial charge in [-0.1, -0.05) is 13.8 Å². The standard InChI is InChI=1S/C14H23N5OS/c1-4-18(9-12(15)20)13-11(8-16-7-10(2)3)19-5-6-21-14(19)17-13/h5-6,10,16H,4,7-9H2,1-3H3,(H2,15,20). The van der Waals surface area contributed by atoms with E-state index < -0.39 is 0 Å². The summed E-state index contributed by atoms with van der Waals surface area (Å²) < 4.78 is 2.08. The molecule has 0 fully saturated rings. The molecule has 0 spiro atoms. The Kier molecular flexibility index (Phi) is 5.19. The van der Waals surface area contributed by atoms with Gasteiger partial charge in [-0.15, -0.1) is 11.3 Å². The summed E-state index contributed by atoms with van der Waals surface area (Å²) in [6, 6.07) is 0. The number of amides is 1. The normalized spacial score (nSPS) is 11.4. The number of anilines is 1. The van der Waals surface area contributed by atoms with E-state index >= 15 is 0 Å². The summed E-state index contributed by atoms with van der Waals surface area (Å²) in [7, 11) is 0. The number of nitrogens with two attached hydrogens (primary N) is 1. The average molecular weight is 309 g/mol. The van der Waals surface area contributed by atoms with E-state index in [4.69, 9.17) is 5.73 Å². The molecule has 116 valence electrons. The minimum Gasteiger partial charge on any atom is -0.368 e. The van der Waals surface area contributed by atoms with Crippen molar-refractivity contribution < 1.29 is 4.79 Å². The lowest BCUT2D eigenvalue weighted by atomic mass is 10.2. The summed E-state index contributed by atoms with van der Waals surface area (Å²) in [5.74, 6) is 1.10. The number of imidazole rings is 1. The Morgan fingerprint density at radius 2 is 2.33 bits per heavy atom. The highest BCUT2D eigenvalue weighted by Crippen LogP contribution is 2.24. The van der Waals surface area contributed by atoms with Gasteiger partial charge >= 0.3 is 0 Å². The van der Waals surface area contributed by atoms with Crippen molar-refractivity contribution in [3.63, 3.8) is 0 Å². The van der Waals surface area contributed by atoms with Crippen LogP contribution in [-0.2, 0) is 11.3 Å². The quantitative estimate of drug-likeness (QED) is 0.774. The molecule has 0 atom stereocenters. The topological polar surface area (TPSA) is 75.7 Å². The predicted molar refractivity (Wildman–Crippen MR) is 86.7 cm³/mol. The van der Waals surface area contributed by atoms with E-state index in [2.05, 4.69) is 28.5 Å². The fraction of sp³-hybridized carbons (Fsp3) is 0.571. The van der Waals surface area contributed by atoms with E-state index in [0.29, 0.717) is 12.5 Å². The fourth-order valence-electron chi connectivity index (χ4n) is 2.24. The molecular formula is C14H23N5OS. The highest BCUT2D eigenvalue weighted by atomic mass is 32.1. The van der Waals surface area contributed by atoms with Gasteiger partial charge in [0, 0.05) is 24.7 Å². The van der Waals surface area contributed by atoms with E-state index in [-0.39, 0.29) is 12.5 Å². The molecule has 0 aliphatic carbocycles. The maximum absolute atomic E-state index is 11.2. The van der Waals surface area contributed by atoms with E-state index in [0.717, 1.165) is 29.6 Å². The number of thiazole rings is 1. The maximum atomic E-state index is 11.2. The summed E-state index contributed by atoms with van der Waals surface area (Å²) in [5.41, 5.74) is 6.42. The van der Waals surface area contributed by atoms with Crippen LogP contribution in [0, 0.1) is 5.92 Å². The summed E-state index contributed by atoms with van der Waals surface area (Å²) >= 11 is 1.59. The Hall–Kier alpha value is -1.60. The first-order chi connectivity index (χ1) is 10.0. The molecule has 2 rings (SSSR count). The Labute approximate surface area is 129 Å². The van der Waals surface area contributed by atoms with E-state index in [9.17, 15) is 4.79 Å². The number of carbonyl (C=O) groups is 1. The second-order valence-corrected chi connectivity index (χ2v) is 6.32. The van der Waals surface area contributed by atoms with Crippen molar-refractivity contribution in [1.82, 2.24) is 14.7 Å². The molecule has 3 N–H and O–H groups in total. The molecule has 6 nitrogen and oxygen atoms in total. The number of carbonyl (C=O) groups excluding carboxylic acids is 1. The second kappa shape index (κ2) is 6.91. The molecule has 0 radical (unpaired) electrons. The molecule has 2 aromatic heterocycles. The number of likely N-dealkylation sites (N-methyl/N-ethyl adjacent to an activating group) is 1. The van der Waals surface area contributed by atoms with Crippen molar-refractivity contribution in [2.24, 2.45) is 11.7 Å². The van der Waals surface area contributed by atoms with Crippen LogP contribution in [-0.4, -0.2) is 34.9 Å². The third kappa shape index (κ3) is 3.74. The Balaban J connectivity index is 2.28. The molecular weight excluding hydrogens is 286 g/mol. The third-order valence-corrected chi connectivity index (χ3v) is 3.97. The molecule has 0 bridgehead atoms. The monoisotopic (exact) mass is 309 g/mol.